The average molecular weight is 383 g/mol. The topological polar surface area (TPSA) is 94.5 Å². The molecule has 8 nitrogen and oxygen atoms in total. The van der Waals surface area contributed by atoms with E-state index in [-0.39, 0.29) is 22.7 Å². The fourth-order valence-corrected chi connectivity index (χ4v) is 3.87. The smallest absolute Gasteiger partial charge is 0.243 e. The van der Waals surface area contributed by atoms with E-state index in [1.807, 2.05) is 0 Å². The second-order valence-electron chi connectivity index (χ2n) is 5.94. The largest absolute Gasteiger partial charge is 0.384 e. The number of piperidine rings is 1. The van der Waals surface area contributed by atoms with Gasteiger partial charge in [0.2, 0.25) is 10.0 Å². The third-order valence-electron chi connectivity index (χ3n) is 4.20. The van der Waals surface area contributed by atoms with Crippen LogP contribution in [0.1, 0.15) is 12.8 Å². The molecule has 24 heavy (non-hydrogen) atoms. The third-order valence-corrected chi connectivity index (χ3v) is 5.55. The van der Waals surface area contributed by atoms with Crippen LogP contribution in [-0.4, -0.2) is 65.3 Å². The first-order valence-corrected chi connectivity index (χ1v) is 9.20. The predicted octanol–water partition coefficient (Wildman–Crippen LogP) is 0.246. The molecule has 2 rings (SSSR count). The summed E-state index contributed by atoms with van der Waals surface area (Å²) >= 11 is 0. The Kier molecular flexibility index (Phi) is 8.61. The average Bonchev–Trinajstić information content (AvgIpc) is 3.02. The van der Waals surface area contributed by atoms with Crippen LogP contribution in [0.2, 0.25) is 0 Å². The van der Waals surface area contributed by atoms with Crippen molar-refractivity contribution >= 4 is 22.4 Å². The first-order valence-electron chi connectivity index (χ1n) is 7.72. The van der Waals surface area contributed by atoms with Crippen LogP contribution < -0.4 is 10.0 Å². The van der Waals surface area contributed by atoms with E-state index in [0.717, 1.165) is 25.9 Å². The molecule has 10 heteroatoms. The fraction of sp³-hybridized carbons (Fsp3) is 0.786. The van der Waals surface area contributed by atoms with Crippen molar-refractivity contribution in [2.24, 2.45) is 5.41 Å². The standard InChI is InChI=1S/C14H26N4O4S.ClH/c1-21-8-7-18-10-13(9-16-18)23(19,20)17-11-14(12-22-2)3-5-15-6-4-14;/h9-10,15,17H,3-8,11-12H2,1-2H3;1H. The van der Waals surface area contributed by atoms with Crippen LogP contribution in [0.25, 0.3) is 0 Å². The van der Waals surface area contributed by atoms with Crippen molar-refractivity contribution in [2.45, 2.75) is 24.3 Å². The minimum atomic E-state index is -3.57. The maximum Gasteiger partial charge on any atom is 0.243 e. The monoisotopic (exact) mass is 382 g/mol. The maximum atomic E-state index is 12.5. The number of hydrogen-bond acceptors (Lipinski definition) is 6. The van der Waals surface area contributed by atoms with E-state index in [4.69, 9.17) is 9.47 Å². The van der Waals surface area contributed by atoms with Gasteiger partial charge in [0.05, 0.1) is 26.0 Å². The Hall–Kier alpha value is -0.710. The summed E-state index contributed by atoms with van der Waals surface area (Å²) in [6.07, 6.45) is 4.66. The van der Waals surface area contributed by atoms with E-state index in [0.29, 0.717) is 26.3 Å². The van der Waals surface area contributed by atoms with Crippen LogP contribution in [0.5, 0.6) is 0 Å². The van der Waals surface area contributed by atoms with Gasteiger partial charge in [0.25, 0.3) is 0 Å². The lowest BCUT2D eigenvalue weighted by Crippen LogP contribution is -2.47. The van der Waals surface area contributed by atoms with Gasteiger partial charge in [-0.2, -0.15) is 5.10 Å². The highest BCUT2D eigenvalue weighted by Crippen LogP contribution is 2.28. The molecule has 0 radical (unpaired) electrons. The number of nitrogens with one attached hydrogen (secondary N) is 2. The van der Waals surface area contributed by atoms with Crippen molar-refractivity contribution in [2.75, 3.05) is 47.1 Å². The molecule has 0 saturated carbocycles. The number of methoxy groups -OCH3 is 2. The van der Waals surface area contributed by atoms with Crippen LogP contribution >= 0.6 is 12.4 Å². The van der Waals surface area contributed by atoms with E-state index >= 15 is 0 Å². The van der Waals surface area contributed by atoms with Crippen molar-refractivity contribution in [3.63, 3.8) is 0 Å². The van der Waals surface area contributed by atoms with Crippen LogP contribution in [-0.2, 0) is 26.0 Å². The van der Waals surface area contributed by atoms with Crippen molar-refractivity contribution in [1.82, 2.24) is 19.8 Å². The van der Waals surface area contributed by atoms with Gasteiger partial charge < -0.3 is 14.8 Å². The lowest BCUT2D eigenvalue weighted by molar-refractivity contribution is 0.0577. The summed E-state index contributed by atoms with van der Waals surface area (Å²) in [7, 11) is -0.325. The number of hydrogen-bond donors (Lipinski definition) is 2. The van der Waals surface area contributed by atoms with Gasteiger partial charge in [-0.25, -0.2) is 13.1 Å². The summed E-state index contributed by atoms with van der Waals surface area (Å²) < 4.78 is 39.5. The van der Waals surface area contributed by atoms with E-state index in [1.54, 1.807) is 18.9 Å². The van der Waals surface area contributed by atoms with Gasteiger partial charge in [-0.3, -0.25) is 4.68 Å². The van der Waals surface area contributed by atoms with Gasteiger partial charge in [-0.15, -0.1) is 12.4 Å². The fourth-order valence-electron chi connectivity index (χ4n) is 2.76. The molecule has 140 valence electrons. The van der Waals surface area contributed by atoms with Crippen LogP contribution in [0.4, 0.5) is 0 Å². The molecule has 0 amide bonds. The number of halogens is 1. The first kappa shape index (κ1) is 21.3. The summed E-state index contributed by atoms with van der Waals surface area (Å²) in [5.74, 6) is 0. The molecular weight excluding hydrogens is 356 g/mol. The highest BCUT2D eigenvalue weighted by molar-refractivity contribution is 7.89. The van der Waals surface area contributed by atoms with E-state index < -0.39 is 10.0 Å². The molecule has 2 heterocycles. The van der Waals surface area contributed by atoms with Crippen LogP contribution in [0.3, 0.4) is 0 Å². The van der Waals surface area contributed by atoms with Crippen LogP contribution in [0.15, 0.2) is 17.3 Å². The molecule has 1 aromatic rings. The van der Waals surface area contributed by atoms with Crippen molar-refractivity contribution in [3.05, 3.63) is 12.4 Å². The molecule has 0 aliphatic carbocycles. The molecule has 1 aliphatic heterocycles. The Morgan fingerprint density at radius 1 is 1.33 bits per heavy atom. The quantitative estimate of drug-likeness (QED) is 0.635. The molecule has 0 aromatic carbocycles. The minimum Gasteiger partial charge on any atom is -0.384 e. The summed E-state index contributed by atoms with van der Waals surface area (Å²) in [6, 6.07) is 0. The van der Waals surface area contributed by atoms with E-state index in [9.17, 15) is 8.42 Å². The molecule has 0 atom stereocenters. The summed E-state index contributed by atoms with van der Waals surface area (Å²) in [5, 5.41) is 7.34. The second kappa shape index (κ2) is 9.69. The SMILES string of the molecule is COCCn1cc(S(=O)(=O)NCC2(COC)CCNCC2)cn1.Cl. The number of rotatable bonds is 9. The molecule has 1 aliphatic rings. The first-order chi connectivity index (χ1) is 11.0. The Morgan fingerprint density at radius 2 is 2.04 bits per heavy atom. The molecule has 0 unspecified atom stereocenters. The normalized spacial score (nSPS) is 17.4. The van der Waals surface area contributed by atoms with Crippen molar-refractivity contribution in [3.8, 4) is 0 Å². The zero-order valence-corrected chi connectivity index (χ0v) is 15.8. The summed E-state index contributed by atoms with van der Waals surface area (Å²) in [4.78, 5) is 0.176. The van der Waals surface area contributed by atoms with E-state index in [1.165, 1.54) is 12.4 Å². The summed E-state index contributed by atoms with van der Waals surface area (Å²) in [6.45, 7) is 3.67. The molecule has 1 saturated heterocycles. The van der Waals surface area contributed by atoms with Gasteiger partial charge in [0, 0.05) is 32.4 Å². The predicted molar refractivity (Wildman–Crippen MR) is 93.0 cm³/mol. The Labute approximate surface area is 149 Å². The molecular formula is C14H27ClN4O4S. The molecule has 0 spiro atoms. The minimum absolute atomic E-state index is 0. The molecule has 0 bridgehead atoms. The molecule has 1 fully saturated rings. The maximum absolute atomic E-state index is 12.5. The van der Waals surface area contributed by atoms with Crippen molar-refractivity contribution in [1.29, 1.82) is 0 Å². The lowest BCUT2D eigenvalue weighted by Gasteiger charge is -2.37. The Balaban J connectivity index is 0.00000288. The van der Waals surface area contributed by atoms with Crippen molar-refractivity contribution < 1.29 is 17.9 Å². The van der Waals surface area contributed by atoms with Crippen LogP contribution in [0, 0.1) is 5.41 Å². The van der Waals surface area contributed by atoms with Gasteiger partial charge >= 0.3 is 0 Å². The zero-order chi connectivity index (χ0) is 16.8. The number of sulfonamides is 1. The number of aromatic nitrogens is 2. The molecule has 2 N–H and O–H groups in total. The van der Waals surface area contributed by atoms with E-state index in [2.05, 4.69) is 15.1 Å². The number of nitrogens with zero attached hydrogens (tertiary/aromatic N) is 2. The number of ether oxygens (including phenoxy) is 2. The highest BCUT2D eigenvalue weighted by Gasteiger charge is 2.33. The third kappa shape index (κ3) is 5.68. The summed E-state index contributed by atoms with van der Waals surface area (Å²) in [5.41, 5.74) is -0.154. The second-order valence-corrected chi connectivity index (χ2v) is 7.71. The van der Waals surface area contributed by atoms with Gasteiger partial charge in [0.15, 0.2) is 0 Å². The molecule has 1 aromatic heterocycles. The van der Waals surface area contributed by atoms with Gasteiger partial charge in [-0.1, -0.05) is 0 Å². The van der Waals surface area contributed by atoms with Gasteiger partial charge in [0.1, 0.15) is 4.90 Å². The Bertz CT molecular complexity index is 582. The lowest BCUT2D eigenvalue weighted by atomic mass is 9.80. The highest BCUT2D eigenvalue weighted by atomic mass is 35.5. The Morgan fingerprint density at radius 3 is 2.67 bits per heavy atom. The zero-order valence-electron chi connectivity index (χ0n) is 14.2. The van der Waals surface area contributed by atoms with Gasteiger partial charge in [-0.05, 0) is 25.9 Å².